The van der Waals surface area contributed by atoms with Crippen molar-refractivity contribution in [1.82, 2.24) is 9.99 Å². The molecule has 1 aromatic rings. The molecule has 0 aliphatic rings. The number of aliphatic hydroxyl groups is 1. The normalized spacial score (nSPS) is 12.2. The van der Waals surface area contributed by atoms with Crippen LogP contribution in [0.2, 0.25) is 0 Å². The van der Waals surface area contributed by atoms with Gasteiger partial charge in [0.2, 0.25) is 0 Å². The van der Waals surface area contributed by atoms with E-state index in [1.54, 1.807) is 13.1 Å². The molecule has 16 heavy (non-hydrogen) atoms. The quantitative estimate of drug-likeness (QED) is 0.495. The fourth-order valence-electron chi connectivity index (χ4n) is 1.36. The second kappa shape index (κ2) is 5.48. The fraction of sp³-hybridized carbons (Fsp3) is 0.364. The molecule has 0 aliphatic heterocycles. The summed E-state index contributed by atoms with van der Waals surface area (Å²) in [5.74, 6) is 5.56. The molecule has 1 aromatic heterocycles. The molecule has 0 atom stereocenters. The first-order chi connectivity index (χ1) is 7.60. The van der Waals surface area contributed by atoms with E-state index in [1.807, 2.05) is 19.1 Å². The zero-order chi connectivity index (χ0) is 12.1. The molecule has 5 N–H and O–H groups in total. The van der Waals surface area contributed by atoms with E-state index >= 15 is 0 Å². The molecule has 0 spiro atoms. The van der Waals surface area contributed by atoms with Gasteiger partial charge < -0.3 is 15.8 Å². The minimum atomic E-state index is -0.211. The van der Waals surface area contributed by atoms with E-state index in [0.29, 0.717) is 17.1 Å². The van der Waals surface area contributed by atoms with Crippen LogP contribution in [-0.4, -0.2) is 28.8 Å². The van der Waals surface area contributed by atoms with Crippen molar-refractivity contribution >= 4 is 5.70 Å². The molecule has 0 saturated heterocycles. The van der Waals surface area contributed by atoms with Gasteiger partial charge in [0.05, 0.1) is 23.7 Å². The first-order valence-electron chi connectivity index (χ1n) is 5.14. The highest BCUT2D eigenvalue weighted by Crippen LogP contribution is 2.12. The van der Waals surface area contributed by atoms with Crippen molar-refractivity contribution < 1.29 is 5.11 Å². The first-order valence-corrected chi connectivity index (χ1v) is 5.14. The number of likely N-dealkylation sites (N-methyl/N-ethyl adjacent to an activating group) is 1. The van der Waals surface area contributed by atoms with Crippen molar-refractivity contribution in [2.75, 3.05) is 13.7 Å². The maximum Gasteiger partial charge on any atom is 0.0881 e. The van der Waals surface area contributed by atoms with Crippen LogP contribution in [0.25, 0.3) is 5.70 Å². The van der Waals surface area contributed by atoms with Gasteiger partial charge in [-0.2, -0.15) is 0 Å². The molecule has 0 aliphatic carbocycles. The van der Waals surface area contributed by atoms with Crippen LogP contribution >= 0.6 is 0 Å². The van der Waals surface area contributed by atoms with E-state index in [9.17, 15) is 0 Å². The lowest BCUT2D eigenvalue weighted by molar-refractivity contribution is 0.278. The van der Waals surface area contributed by atoms with Gasteiger partial charge in [0.25, 0.3) is 0 Å². The number of hydrazine groups is 1. The summed E-state index contributed by atoms with van der Waals surface area (Å²) in [6.07, 6.45) is 0.841. The predicted octanol–water partition coefficient (Wildman–Crippen LogP) is 0.0691. The standard InChI is InChI=1S/C11H18N4O/c1-3-8-5-4-6-9(14-8)11(12)10(7-16)15(2)13/h4-6,16H,3,7,12-13H2,1-2H3/b11-10-. The molecular formula is C11H18N4O. The number of rotatable bonds is 4. The summed E-state index contributed by atoms with van der Waals surface area (Å²) in [4.78, 5) is 4.37. The summed E-state index contributed by atoms with van der Waals surface area (Å²) in [5.41, 5.74) is 8.37. The molecular weight excluding hydrogens is 204 g/mol. The Kier molecular flexibility index (Phi) is 4.28. The van der Waals surface area contributed by atoms with Gasteiger partial charge in [0.15, 0.2) is 0 Å². The molecule has 0 saturated carbocycles. The predicted molar refractivity (Wildman–Crippen MR) is 63.8 cm³/mol. The number of hydrogen-bond acceptors (Lipinski definition) is 5. The third kappa shape index (κ3) is 2.71. The van der Waals surface area contributed by atoms with E-state index in [-0.39, 0.29) is 6.61 Å². The topological polar surface area (TPSA) is 88.4 Å². The Morgan fingerprint density at radius 1 is 1.50 bits per heavy atom. The Morgan fingerprint density at radius 3 is 2.69 bits per heavy atom. The van der Waals surface area contributed by atoms with Crippen LogP contribution in [0, 0.1) is 0 Å². The third-order valence-electron chi connectivity index (χ3n) is 2.33. The maximum absolute atomic E-state index is 9.17. The molecule has 0 aromatic carbocycles. The summed E-state index contributed by atoms with van der Waals surface area (Å²) in [7, 11) is 1.63. The SMILES string of the molecule is CCc1cccc(/C(N)=C(\CO)N(C)N)n1. The van der Waals surface area contributed by atoms with Gasteiger partial charge >= 0.3 is 0 Å². The number of aromatic nitrogens is 1. The van der Waals surface area contributed by atoms with Crippen LogP contribution < -0.4 is 11.6 Å². The van der Waals surface area contributed by atoms with Crippen LogP contribution in [0.4, 0.5) is 0 Å². The number of nitrogens with two attached hydrogens (primary N) is 2. The van der Waals surface area contributed by atoms with Gasteiger partial charge in [-0.1, -0.05) is 13.0 Å². The van der Waals surface area contributed by atoms with Gasteiger partial charge in [-0.3, -0.25) is 4.98 Å². The number of aryl methyl sites for hydroxylation is 1. The highest BCUT2D eigenvalue weighted by atomic mass is 16.3. The molecule has 0 amide bonds. The Hall–Kier alpha value is -1.59. The monoisotopic (exact) mass is 222 g/mol. The highest BCUT2D eigenvalue weighted by Gasteiger charge is 2.09. The molecule has 0 bridgehead atoms. The van der Waals surface area contributed by atoms with Gasteiger partial charge in [-0.05, 0) is 18.6 Å². The Balaban J connectivity index is 3.15. The molecule has 0 radical (unpaired) electrons. The average molecular weight is 222 g/mol. The van der Waals surface area contributed by atoms with Crippen molar-refractivity contribution in [2.24, 2.45) is 11.6 Å². The lowest BCUT2D eigenvalue weighted by Gasteiger charge is -2.17. The summed E-state index contributed by atoms with van der Waals surface area (Å²) in [6, 6.07) is 5.62. The fourth-order valence-corrected chi connectivity index (χ4v) is 1.36. The first kappa shape index (κ1) is 12.5. The maximum atomic E-state index is 9.17. The van der Waals surface area contributed by atoms with Crippen LogP contribution in [0.15, 0.2) is 23.9 Å². The molecule has 5 heteroatoms. The van der Waals surface area contributed by atoms with E-state index in [0.717, 1.165) is 12.1 Å². The molecule has 0 fully saturated rings. The van der Waals surface area contributed by atoms with Crippen molar-refractivity contribution in [3.63, 3.8) is 0 Å². The van der Waals surface area contributed by atoms with E-state index < -0.39 is 0 Å². The molecule has 5 nitrogen and oxygen atoms in total. The van der Waals surface area contributed by atoms with Crippen molar-refractivity contribution in [2.45, 2.75) is 13.3 Å². The largest absolute Gasteiger partial charge is 0.395 e. The number of nitrogens with zero attached hydrogens (tertiary/aromatic N) is 2. The van der Waals surface area contributed by atoms with Crippen LogP contribution in [0.5, 0.6) is 0 Å². The van der Waals surface area contributed by atoms with Crippen molar-refractivity contribution in [1.29, 1.82) is 0 Å². The Labute approximate surface area is 95.4 Å². The minimum absolute atomic E-state index is 0.211. The number of pyridine rings is 1. The molecule has 1 heterocycles. The highest BCUT2D eigenvalue weighted by molar-refractivity contribution is 5.62. The zero-order valence-electron chi connectivity index (χ0n) is 9.64. The number of aliphatic hydroxyl groups excluding tert-OH is 1. The zero-order valence-corrected chi connectivity index (χ0v) is 9.64. The van der Waals surface area contributed by atoms with Crippen LogP contribution in [0.3, 0.4) is 0 Å². The second-order valence-corrected chi connectivity index (χ2v) is 3.50. The smallest absolute Gasteiger partial charge is 0.0881 e. The summed E-state index contributed by atoms with van der Waals surface area (Å²) in [5, 5.41) is 10.5. The van der Waals surface area contributed by atoms with Gasteiger partial charge in [-0.25, -0.2) is 5.84 Å². The lowest BCUT2D eigenvalue weighted by atomic mass is 10.2. The van der Waals surface area contributed by atoms with Crippen LogP contribution in [0.1, 0.15) is 18.3 Å². The van der Waals surface area contributed by atoms with E-state index in [4.69, 9.17) is 16.7 Å². The van der Waals surface area contributed by atoms with Gasteiger partial charge in [-0.15, -0.1) is 0 Å². The summed E-state index contributed by atoms with van der Waals surface area (Å²) >= 11 is 0. The van der Waals surface area contributed by atoms with Crippen LogP contribution in [-0.2, 0) is 6.42 Å². The Bertz CT molecular complexity index is 387. The lowest BCUT2D eigenvalue weighted by Crippen LogP contribution is -2.29. The summed E-state index contributed by atoms with van der Waals surface area (Å²) in [6.45, 7) is 1.81. The third-order valence-corrected chi connectivity index (χ3v) is 2.33. The van der Waals surface area contributed by atoms with E-state index in [1.165, 1.54) is 5.01 Å². The second-order valence-electron chi connectivity index (χ2n) is 3.50. The van der Waals surface area contributed by atoms with Crippen molar-refractivity contribution in [3.8, 4) is 0 Å². The molecule has 1 rings (SSSR count). The summed E-state index contributed by atoms with van der Waals surface area (Å²) < 4.78 is 0. The average Bonchev–Trinajstić information content (AvgIpc) is 2.29. The van der Waals surface area contributed by atoms with Crippen molar-refractivity contribution in [3.05, 3.63) is 35.3 Å². The minimum Gasteiger partial charge on any atom is -0.395 e. The van der Waals surface area contributed by atoms with E-state index in [2.05, 4.69) is 4.98 Å². The van der Waals surface area contributed by atoms with Gasteiger partial charge in [0, 0.05) is 12.7 Å². The molecule has 88 valence electrons. The Morgan fingerprint density at radius 2 is 2.19 bits per heavy atom. The number of hydrogen-bond donors (Lipinski definition) is 3. The van der Waals surface area contributed by atoms with Gasteiger partial charge in [0.1, 0.15) is 0 Å². The molecule has 0 unspecified atom stereocenters.